The van der Waals surface area contributed by atoms with E-state index in [0.717, 1.165) is 6.54 Å². The molecule has 1 fully saturated rings. The lowest BCUT2D eigenvalue weighted by atomic mass is 9.98. The van der Waals surface area contributed by atoms with Crippen LogP contribution in [0.5, 0.6) is 0 Å². The van der Waals surface area contributed by atoms with Gasteiger partial charge in [-0.25, -0.2) is 0 Å². The maximum absolute atomic E-state index is 3.78. The number of piperidine rings is 1. The summed E-state index contributed by atoms with van der Waals surface area (Å²) in [5.74, 6) is 0. The zero-order valence-corrected chi connectivity index (χ0v) is 13.4. The molecule has 3 atom stereocenters. The molecule has 3 unspecified atom stereocenters. The Hall–Kier alpha value is -0.420. The van der Waals surface area contributed by atoms with Crippen LogP contribution in [0.15, 0.2) is 17.5 Å². The predicted molar refractivity (Wildman–Crippen MR) is 83.9 cm³/mol. The van der Waals surface area contributed by atoms with Crippen molar-refractivity contribution in [3.63, 3.8) is 0 Å². The van der Waals surface area contributed by atoms with Crippen LogP contribution in [-0.4, -0.2) is 56.1 Å². The Kier molecular flexibility index (Phi) is 5.39. The Morgan fingerprint density at radius 2 is 2.32 bits per heavy atom. The van der Waals surface area contributed by atoms with Crippen LogP contribution in [0.25, 0.3) is 0 Å². The van der Waals surface area contributed by atoms with Gasteiger partial charge in [0.15, 0.2) is 0 Å². The van der Waals surface area contributed by atoms with Gasteiger partial charge in [0.05, 0.1) is 6.04 Å². The lowest BCUT2D eigenvalue weighted by molar-refractivity contribution is 0.162. The van der Waals surface area contributed by atoms with E-state index in [1.165, 1.54) is 24.3 Å². The highest BCUT2D eigenvalue weighted by Gasteiger charge is 2.24. The van der Waals surface area contributed by atoms with Crippen molar-refractivity contribution in [2.24, 2.45) is 0 Å². The minimum atomic E-state index is 0.495. The van der Waals surface area contributed by atoms with Crippen LogP contribution in [0.2, 0.25) is 0 Å². The third-order valence-electron chi connectivity index (χ3n) is 4.30. The first-order chi connectivity index (χ1) is 9.08. The number of nitrogens with zero attached hydrogens (tertiary/aromatic N) is 2. The van der Waals surface area contributed by atoms with Crippen LogP contribution in [0, 0.1) is 0 Å². The van der Waals surface area contributed by atoms with Crippen molar-refractivity contribution in [1.82, 2.24) is 15.1 Å². The molecule has 1 N–H and O–H groups in total. The van der Waals surface area contributed by atoms with E-state index >= 15 is 0 Å². The van der Waals surface area contributed by atoms with Gasteiger partial charge in [0.25, 0.3) is 0 Å². The first-order valence-corrected chi connectivity index (χ1v) is 8.09. The first-order valence-electron chi connectivity index (χ1n) is 7.21. The molecule has 2 heterocycles. The zero-order valence-electron chi connectivity index (χ0n) is 12.6. The molecular formula is C15H27N3S. The van der Waals surface area contributed by atoms with Gasteiger partial charge in [0.2, 0.25) is 0 Å². The number of nitrogens with one attached hydrogen (secondary N) is 1. The Balaban J connectivity index is 1.86. The van der Waals surface area contributed by atoms with Crippen LogP contribution in [0.1, 0.15) is 30.7 Å². The van der Waals surface area contributed by atoms with Crippen molar-refractivity contribution in [3.8, 4) is 0 Å². The highest BCUT2D eigenvalue weighted by molar-refractivity contribution is 7.10. The van der Waals surface area contributed by atoms with Crippen LogP contribution in [-0.2, 0) is 0 Å². The summed E-state index contributed by atoms with van der Waals surface area (Å²) in [6, 6.07) is 6.26. The minimum Gasteiger partial charge on any atom is -0.312 e. The molecule has 0 bridgehead atoms. The number of likely N-dealkylation sites (N-methyl/N-ethyl adjacent to an activating group) is 1. The van der Waals surface area contributed by atoms with Gasteiger partial charge in [0.1, 0.15) is 0 Å². The molecule has 3 nitrogen and oxygen atoms in total. The fourth-order valence-corrected chi connectivity index (χ4v) is 3.69. The second-order valence-corrected chi connectivity index (χ2v) is 6.93. The molecule has 1 aromatic rings. The summed E-state index contributed by atoms with van der Waals surface area (Å²) in [6.45, 7) is 4.59. The number of likely N-dealkylation sites (tertiary alicyclic amines) is 1. The molecule has 19 heavy (non-hydrogen) atoms. The van der Waals surface area contributed by atoms with Gasteiger partial charge in [0, 0.05) is 23.5 Å². The lowest BCUT2D eigenvalue weighted by Gasteiger charge is -2.36. The van der Waals surface area contributed by atoms with Crippen LogP contribution < -0.4 is 5.32 Å². The molecule has 2 rings (SSSR count). The van der Waals surface area contributed by atoms with E-state index in [2.05, 4.69) is 60.7 Å². The summed E-state index contributed by atoms with van der Waals surface area (Å²) in [7, 11) is 6.57. The summed E-state index contributed by atoms with van der Waals surface area (Å²) in [6.07, 6.45) is 2.53. The maximum atomic E-state index is 3.78. The normalized spacial score (nSPS) is 26.8. The molecular weight excluding hydrogens is 254 g/mol. The molecule has 1 aromatic heterocycles. The molecule has 0 saturated carbocycles. The molecule has 0 spiro atoms. The largest absolute Gasteiger partial charge is 0.312 e. The van der Waals surface area contributed by atoms with Crippen LogP contribution in [0.3, 0.4) is 0 Å². The fourth-order valence-electron chi connectivity index (χ4n) is 2.77. The number of thiophene rings is 1. The van der Waals surface area contributed by atoms with Crippen LogP contribution >= 0.6 is 11.3 Å². The van der Waals surface area contributed by atoms with Gasteiger partial charge in [-0.05, 0) is 58.9 Å². The van der Waals surface area contributed by atoms with Gasteiger partial charge in [-0.3, -0.25) is 0 Å². The minimum absolute atomic E-state index is 0.495. The summed E-state index contributed by atoms with van der Waals surface area (Å²) < 4.78 is 0. The zero-order chi connectivity index (χ0) is 13.8. The summed E-state index contributed by atoms with van der Waals surface area (Å²) in [5, 5.41) is 5.95. The average molecular weight is 281 g/mol. The molecule has 0 aliphatic carbocycles. The topological polar surface area (TPSA) is 18.5 Å². The predicted octanol–water partition coefficient (Wildman–Crippen LogP) is 2.42. The second-order valence-electron chi connectivity index (χ2n) is 5.95. The van der Waals surface area contributed by atoms with E-state index < -0.39 is 0 Å². The fraction of sp³-hybridized carbons (Fsp3) is 0.733. The van der Waals surface area contributed by atoms with Crippen molar-refractivity contribution >= 4 is 11.3 Å². The van der Waals surface area contributed by atoms with E-state index in [1.54, 1.807) is 0 Å². The SMILES string of the molecule is CC1CC(NCC(c2cccs2)N(C)C)CCN1C. The summed E-state index contributed by atoms with van der Waals surface area (Å²) in [5.41, 5.74) is 0. The van der Waals surface area contributed by atoms with E-state index in [-0.39, 0.29) is 0 Å². The first kappa shape index (κ1) is 15.0. The Labute approximate surface area is 121 Å². The van der Waals surface area contributed by atoms with Crippen molar-refractivity contribution in [3.05, 3.63) is 22.4 Å². The van der Waals surface area contributed by atoms with E-state index in [9.17, 15) is 0 Å². The van der Waals surface area contributed by atoms with E-state index in [0.29, 0.717) is 18.1 Å². The Morgan fingerprint density at radius 3 is 2.89 bits per heavy atom. The standard InChI is InChI=1S/C15H27N3S/c1-12-10-13(7-8-18(12)4)16-11-14(17(2)3)15-6-5-9-19-15/h5-6,9,12-14,16H,7-8,10-11H2,1-4H3. The van der Waals surface area contributed by atoms with Gasteiger partial charge in [-0.2, -0.15) is 0 Å². The van der Waals surface area contributed by atoms with Crippen molar-refractivity contribution < 1.29 is 0 Å². The highest BCUT2D eigenvalue weighted by Crippen LogP contribution is 2.23. The molecule has 108 valence electrons. The molecule has 1 aliphatic heterocycles. The van der Waals surface area contributed by atoms with E-state index in [1.807, 2.05) is 11.3 Å². The Bertz CT molecular complexity index is 363. The van der Waals surface area contributed by atoms with Gasteiger partial charge >= 0.3 is 0 Å². The molecule has 1 aliphatic rings. The van der Waals surface area contributed by atoms with Gasteiger partial charge in [-0.1, -0.05) is 6.07 Å². The van der Waals surface area contributed by atoms with E-state index in [4.69, 9.17) is 0 Å². The smallest absolute Gasteiger partial charge is 0.0561 e. The number of hydrogen-bond acceptors (Lipinski definition) is 4. The van der Waals surface area contributed by atoms with Crippen molar-refractivity contribution in [1.29, 1.82) is 0 Å². The number of rotatable bonds is 5. The third kappa shape index (κ3) is 4.02. The molecule has 0 radical (unpaired) electrons. The summed E-state index contributed by atoms with van der Waals surface area (Å²) in [4.78, 5) is 6.23. The second kappa shape index (κ2) is 6.84. The van der Waals surface area contributed by atoms with Gasteiger partial charge in [-0.15, -0.1) is 11.3 Å². The average Bonchev–Trinajstić information content (AvgIpc) is 2.87. The summed E-state index contributed by atoms with van der Waals surface area (Å²) >= 11 is 1.86. The van der Waals surface area contributed by atoms with Gasteiger partial charge < -0.3 is 15.1 Å². The molecule has 4 heteroatoms. The van der Waals surface area contributed by atoms with Crippen LogP contribution in [0.4, 0.5) is 0 Å². The molecule has 0 aromatic carbocycles. The highest BCUT2D eigenvalue weighted by atomic mass is 32.1. The van der Waals surface area contributed by atoms with Crippen molar-refractivity contribution in [2.75, 3.05) is 34.2 Å². The van der Waals surface area contributed by atoms with Crippen molar-refractivity contribution in [2.45, 2.75) is 37.9 Å². The Morgan fingerprint density at radius 1 is 1.53 bits per heavy atom. The monoisotopic (exact) mass is 281 g/mol. The third-order valence-corrected chi connectivity index (χ3v) is 5.28. The molecule has 1 saturated heterocycles. The maximum Gasteiger partial charge on any atom is 0.0561 e. The molecule has 0 amide bonds. The quantitative estimate of drug-likeness (QED) is 0.894. The lowest BCUT2D eigenvalue weighted by Crippen LogP contribution is -2.47. The number of hydrogen-bond donors (Lipinski definition) is 1.